The van der Waals surface area contributed by atoms with E-state index in [-0.39, 0.29) is 5.82 Å². The summed E-state index contributed by atoms with van der Waals surface area (Å²) in [6.07, 6.45) is 0. The smallest absolute Gasteiger partial charge is 0.126 e. The Morgan fingerprint density at radius 1 is 0.944 bits per heavy atom. The number of para-hydroxylation sites is 1. The lowest BCUT2D eigenvalue weighted by Gasteiger charge is -2.10. The average Bonchev–Trinajstić information content (AvgIpc) is 2.40. The second-order valence-electron chi connectivity index (χ2n) is 3.92. The second-order valence-corrected chi connectivity index (χ2v) is 3.92. The fourth-order valence-corrected chi connectivity index (χ4v) is 1.56. The minimum Gasteiger partial charge on any atom is -0.490 e. The first-order valence-electron chi connectivity index (χ1n) is 5.82. The third-order valence-electron chi connectivity index (χ3n) is 2.50. The number of rotatable bonds is 5. The lowest BCUT2D eigenvalue weighted by atomic mass is 10.2. The van der Waals surface area contributed by atoms with Crippen molar-refractivity contribution in [3.05, 3.63) is 59.9 Å². The predicted molar refractivity (Wildman–Crippen MR) is 68.6 cm³/mol. The van der Waals surface area contributed by atoms with E-state index < -0.39 is 0 Å². The van der Waals surface area contributed by atoms with Crippen LogP contribution in [-0.2, 0) is 0 Å². The first kappa shape index (κ1) is 12.4. The molecule has 0 saturated heterocycles. The molecule has 3 heteroatoms. The van der Waals surface area contributed by atoms with Gasteiger partial charge in [0, 0.05) is 6.07 Å². The molecule has 0 unspecified atom stereocenters. The van der Waals surface area contributed by atoms with Crippen molar-refractivity contribution in [1.82, 2.24) is 0 Å². The van der Waals surface area contributed by atoms with Gasteiger partial charge in [0.05, 0.1) is 0 Å². The summed E-state index contributed by atoms with van der Waals surface area (Å²) in [5.41, 5.74) is 0.913. The van der Waals surface area contributed by atoms with Gasteiger partial charge in [0.25, 0.3) is 0 Å². The maximum Gasteiger partial charge on any atom is 0.126 e. The van der Waals surface area contributed by atoms with Crippen molar-refractivity contribution >= 4 is 0 Å². The molecule has 0 amide bonds. The van der Waals surface area contributed by atoms with Crippen LogP contribution >= 0.6 is 0 Å². The van der Waals surface area contributed by atoms with Gasteiger partial charge in [-0.3, -0.25) is 0 Å². The normalized spacial score (nSPS) is 10.1. The van der Waals surface area contributed by atoms with Gasteiger partial charge >= 0.3 is 0 Å². The van der Waals surface area contributed by atoms with Crippen LogP contribution in [0, 0.1) is 12.7 Å². The van der Waals surface area contributed by atoms with Crippen molar-refractivity contribution in [3.63, 3.8) is 0 Å². The zero-order valence-corrected chi connectivity index (χ0v) is 10.2. The molecule has 18 heavy (non-hydrogen) atoms. The lowest BCUT2D eigenvalue weighted by molar-refractivity contribution is 0.216. The number of halogens is 1. The van der Waals surface area contributed by atoms with Crippen molar-refractivity contribution in [2.75, 3.05) is 13.2 Å². The first-order chi connectivity index (χ1) is 8.75. The number of aryl methyl sites for hydroxylation is 1. The van der Waals surface area contributed by atoms with Crippen molar-refractivity contribution in [1.29, 1.82) is 0 Å². The Labute approximate surface area is 106 Å². The van der Waals surface area contributed by atoms with E-state index in [0.29, 0.717) is 19.0 Å². The molecule has 0 bridgehead atoms. The highest BCUT2D eigenvalue weighted by Crippen LogP contribution is 2.18. The third-order valence-corrected chi connectivity index (χ3v) is 2.50. The molecule has 2 aromatic rings. The van der Waals surface area contributed by atoms with Gasteiger partial charge in [-0.25, -0.2) is 4.39 Å². The first-order valence-corrected chi connectivity index (χ1v) is 5.82. The molecule has 2 aromatic carbocycles. The van der Waals surface area contributed by atoms with E-state index >= 15 is 0 Å². The standard InChI is InChI=1S/C15H15FO2/c1-12-7-8-13(16)11-15(12)18-10-9-17-14-5-3-2-4-6-14/h2-8,11H,9-10H2,1H3. The molecule has 0 fully saturated rings. The fourth-order valence-electron chi connectivity index (χ4n) is 1.56. The van der Waals surface area contributed by atoms with Crippen LogP contribution < -0.4 is 9.47 Å². The second kappa shape index (κ2) is 6.05. The molecule has 0 atom stereocenters. The zero-order chi connectivity index (χ0) is 12.8. The minimum atomic E-state index is -0.292. The van der Waals surface area contributed by atoms with Gasteiger partial charge < -0.3 is 9.47 Å². The highest BCUT2D eigenvalue weighted by molar-refractivity contribution is 5.32. The molecule has 0 heterocycles. The van der Waals surface area contributed by atoms with E-state index in [1.807, 2.05) is 37.3 Å². The summed E-state index contributed by atoms with van der Waals surface area (Å²) in [5, 5.41) is 0. The van der Waals surface area contributed by atoms with Gasteiger partial charge in [0.1, 0.15) is 30.5 Å². The highest BCUT2D eigenvalue weighted by Gasteiger charge is 2.01. The van der Waals surface area contributed by atoms with Crippen molar-refractivity contribution in [2.24, 2.45) is 0 Å². The van der Waals surface area contributed by atoms with Gasteiger partial charge in [-0.05, 0) is 30.7 Å². The Morgan fingerprint density at radius 2 is 1.67 bits per heavy atom. The van der Waals surface area contributed by atoms with Crippen LogP contribution in [0.2, 0.25) is 0 Å². The lowest BCUT2D eigenvalue weighted by Crippen LogP contribution is -2.09. The zero-order valence-electron chi connectivity index (χ0n) is 10.2. The average molecular weight is 246 g/mol. The molecular weight excluding hydrogens is 231 g/mol. The molecule has 0 aromatic heterocycles. The van der Waals surface area contributed by atoms with Gasteiger partial charge in [-0.2, -0.15) is 0 Å². The molecule has 0 radical (unpaired) electrons. The monoisotopic (exact) mass is 246 g/mol. The van der Waals surface area contributed by atoms with Crippen LogP contribution in [0.5, 0.6) is 11.5 Å². The predicted octanol–water partition coefficient (Wildman–Crippen LogP) is 3.59. The molecule has 0 N–H and O–H groups in total. The van der Waals surface area contributed by atoms with Gasteiger partial charge in [0.2, 0.25) is 0 Å². The summed E-state index contributed by atoms with van der Waals surface area (Å²) in [5.74, 6) is 1.07. The molecule has 0 aliphatic carbocycles. The molecule has 94 valence electrons. The van der Waals surface area contributed by atoms with E-state index in [0.717, 1.165) is 11.3 Å². The number of ether oxygens (including phenoxy) is 2. The van der Waals surface area contributed by atoms with Crippen LogP contribution in [-0.4, -0.2) is 13.2 Å². The number of benzene rings is 2. The maximum atomic E-state index is 13.0. The Kier molecular flexibility index (Phi) is 4.18. The Bertz CT molecular complexity index is 497. The summed E-state index contributed by atoms with van der Waals surface area (Å²) >= 11 is 0. The Balaban J connectivity index is 1.80. The van der Waals surface area contributed by atoms with Crippen LogP contribution in [0.25, 0.3) is 0 Å². The van der Waals surface area contributed by atoms with Crippen LogP contribution in [0.15, 0.2) is 48.5 Å². The Morgan fingerprint density at radius 3 is 2.44 bits per heavy atom. The SMILES string of the molecule is Cc1ccc(F)cc1OCCOc1ccccc1. The van der Waals surface area contributed by atoms with E-state index in [1.165, 1.54) is 12.1 Å². The maximum absolute atomic E-state index is 13.0. The van der Waals surface area contributed by atoms with Crippen molar-refractivity contribution < 1.29 is 13.9 Å². The summed E-state index contributed by atoms with van der Waals surface area (Å²) in [6.45, 7) is 2.70. The van der Waals surface area contributed by atoms with Gasteiger partial charge in [-0.15, -0.1) is 0 Å². The summed E-state index contributed by atoms with van der Waals surface area (Å²) < 4.78 is 24.0. The summed E-state index contributed by atoms with van der Waals surface area (Å²) in [6, 6.07) is 14.0. The summed E-state index contributed by atoms with van der Waals surface area (Å²) in [4.78, 5) is 0. The van der Waals surface area contributed by atoms with Crippen molar-refractivity contribution in [3.8, 4) is 11.5 Å². The molecular formula is C15H15FO2. The van der Waals surface area contributed by atoms with E-state index in [1.54, 1.807) is 6.07 Å². The van der Waals surface area contributed by atoms with E-state index in [9.17, 15) is 4.39 Å². The van der Waals surface area contributed by atoms with Crippen LogP contribution in [0.3, 0.4) is 0 Å². The highest BCUT2D eigenvalue weighted by atomic mass is 19.1. The largest absolute Gasteiger partial charge is 0.490 e. The summed E-state index contributed by atoms with van der Waals surface area (Å²) in [7, 11) is 0. The minimum absolute atomic E-state index is 0.292. The van der Waals surface area contributed by atoms with Crippen LogP contribution in [0.4, 0.5) is 4.39 Å². The van der Waals surface area contributed by atoms with E-state index in [4.69, 9.17) is 9.47 Å². The van der Waals surface area contributed by atoms with E-state index in [2.05, 4.69) is 0 Å². The molecule has 2 rings (SSSR count). The molecule has 0 aliphatic heterocycles. The molecule has 0 saturated carbocycles. The van der Waals surface area contributed by atoms with Crippen LogP contribution in [0.1, 0.15) is 5.56 Å². The molecule has 0 spiro atoms. The third kappa shape index (κ3) is 3.48. The topological polar surface area (TPSA) is 18.5 Å². The van der Waals surface area contributed by atoms with Gasteiger partial charge in [-0.1, -0.05) is 24.3 Å². The Hall–Kier alpha value is -2.03. The van der Waals surface area contributed by atoms with Gasteiger partial charge in [0.15, 0.2) is 0 Å². The fraction of sp³-hybridized carbons (Fsp3) is 0.200. The molecule has 0 aliphatic rings. The van der Waals surface area contributed by atoms with Crippen molar-refractivity contribution in [2.45, 2.75) is 6.92 Å². The molecule has 2 nitrogen and oxygen atoms in total. The quantitative estimate of drug-likeness (QED) is 0.750. The number of hydrogen-bond acceptors (Lipinski definition) is 2. The number of hydrogen-bond donors (Lipinski definition) is 0.